The van der Waals surface area contributed by atoms with Crippen LogP contribution in [0.15, 0.2) is 42.5 Å². The third-order valence-electron chi connectivity index (χ3n) is 2.54. The number of phenols is 1. The van der Waals surface area contributed by atoms with E-state index in [0.717, 1.165) is 12.1 Å². The monoisotopic (exact) mass is 292 g/mol. The normalized spacial score (nSPS) is 10.1. The second kappa shape index (κ2) is 5.58. The van der Waals surface area contributed by atoms with Crippen LogP contribution < -0.4 is 5.32 Å². The highest BCUT2D eigenvalue weighted by Gasteiger charge is 2.16. The molecule has 2 rings (SSSR count). The van der Waals surface area contributed by atoms with Gasteiger partial charge in [0, 0.05) is 22.3 Å². The van der Waals surface area contributed by atoms with Crippen LogP contribution in [0.4, 0.5) is 11.4 Å². The average molecular weight is 293 g/mol. The third-order valence-corrected chi connectivity index (χ3v) is 2.79. The van der Waals surface area contributed by atoms with E-state index in [0.29, 0.717) is 10.7 Å². The van der Waals surface area contributed by atoms with E-state index in [-0.39, 0.29) is 5.56 Å². The van der Waals surface area contributed by atoms with Gasteiger partial charge in [-0.1, -0.05) is 11.6 Å². The lowest BCUT2D eigenvalue weighted by atomic mass is 10.1. The van der Waals surface area contributed by atoms with Crippen LogP contribution in [0.5, 0.6) is 5.75 Å². The Morgan fingerprint density at radius 3 is 2.40 bits per heavy atom. The summed E-state index contributed by atoms with van der Waals surface area (Å²) < 4.78 is 0. The first-order valence-electron chi connectivity index (χ1n) is 5.51. The van der Waals surface area contributed by atoms with Gasteiger partial charge in [-0.2, -0.15) is 0 Å². The number of phenolic OH excluding ortho intramolecular Hbond substituents is 1. The fourth-order valence-corrected chi connectivity index (χ4v) is 1.68. The summed E-state index contributed by atoms with van der Waals surface area (Å²) in [7, 11) is 0. The molecular formula is C13H9ClN2O4. The molecule has 6 nitrogen and oxygen atoms in total. The molecule has 0 spiro atoms. The minimum absolute atomic E-state index is 0.114. The minimum Gasteiger partial charge on any atom is -0.502 e. The van der Waals surface area contributed by atoms with Gasteiger partial charge in [0.2, 0.25) is 0 Å². The lowest BCUT2D eigenvalue weighted by Gasteiger charge is -2.05. The SMILES string of the molecule is O=C(Nc1ccc(Cl)cc1)c1ccc([N+](=O)[O-])c(O)c1. The Hall–Kier alpha value is -2.60. The van der Waals surface area contributed by atoms with Crippen molar-refractivity contribution in [1.29, 1.82) is 0 Å². The summed E-state index contributed by atoms with van der Waals surface area (Å²) in [6.45, 7) is 0. The summed E-state index contributed by atoms with van der Waals surface area (Å²) >= 11 is 5.72. The number of nitrogens with one attached hydrogen (secondary N) is 1. The molecular weight excluding hydrogens is 284 g/mol. The van der Waals surface area contributed by atoms with Gasteiger partial charge >= 0.3 is 5.69 Å². The zero-order valence-electron chi connectivity index (χ0n) is 10.0. The molecule has 0 saturated heterocycles. The van der Waals surface area contributed by atoms with Gasteiger partial charge in [-0.15, -0.1) is 0 Å². The highest BCUT2D eigenvalue weighted by molar-refractivity contribution is 6.30. The summed E-state index contributed by atoms with van der Waals surface area (Å²) in [6.07, 6.45) is 0. The predicted molar refractivity (Wildman–Crippen MR) is 74.2 cm³/mol. The number of anilines is 1. The number of benzene rings is 2. The molecule has 0 aliphatic heterocycles. The van der Waals surface area contributed by atoms with Crippen LogP contribution in [-0.2, 0) is 0 Å². The fourth-order valence-electron chi connectivity index (χ4n) is 1.56. The number of nitro groups is 1. The number of nitro benzene ring substituents is 1. The Morgan fingerprint density at radius 1 is 1.20 bits per heavy atom. The van der Waals surface area contributed by atoms with E-state index in [1.165, 1.54) is 6.07 Å². The molecule has 2 N–H and O–H groups in total. The first kappa shape index (κ1) is 13.8. The van der Waals surface area contributed by atoms with Crippen molar-refractivity contribution in [3.05, 3.63) is 63.2 Å². The molecule has 2 aromatic rings. The van der Waals surface area contributed by atoms with Crippen molar-refractivity contribution in [2.75, 3.05) is 5.32 Å². The summed E-state index contributed by atoms with van der Waals surface area (Å²) in [4.78, 5) is 21.7. The van der Waals surface area contributed by atoms with Crippen molar-refractivity contribution < 1.29 is 14.8 Å². The number of hydrogen-bond donors (Lipinski definition) is 2. The Labute approximate surface area is 118 Å². The highest BCUT2D eigenvalue weighted by Crippen LogP contribution is 2.26. The zero-order valence-corrected chi connectivity index (χ0v) is 10.8. The van der Waals surface area contributed by atoms with E-state index < -0.39 is 22.3 Å². The largest absolute Gasteiger partial charge is 0.502 e. The summed E-state index contributed by atoms with van der Waals surface area (Å²) in [5, 5.41) is 23.2. The molecule has 102 valence electrons. The standard InChI is InChI=1S/C13H9ClN2O4/c14-9-2-4-10(5-3-9)15-13(18)8-1-6-11(16(19)20)12(17)7-8/h1-7,17H,(H,15,18). The van der Waals surface area contributed by atoms with Crippen LogP contribution >= 0.6 is 11.6 Å². The van der Waals surface area contributed by atoms with Crippen LogP contribution in [-0.4, -0.2) is 15.9 Å². The Balaban J connectivity index is 2.19. The van der Waals surface area contributed by atoms with Crippen LogP contribution in [0.25, 0.3) is 0 Å². The maximum atomic E-state index is 11.9. The molecule has 0 radical (unpaired) electrons. The number of aromatic hydroxyl groups is 1. The third kappa shape index (κ3) is 3.04. The summed E-state index contributed by atoms with van der Waals surface area (Å²) in [6, 6.07) is 9.85. The maximum absolute atomic E-state index is 11.9. The van der Waals surface area contributed by atoms with Crippen molar-refractivity contribution in [3.8, 4) is 5.75 Å². The van der Waals surface area contributed by atoms with E-state index in [4.69, 9.17) is 11.6 Å². The lowest BCUT2D eigenvalue weighted by molar-refractivity contribution is -0.385. The van der Waals surface area contributed by atoms with E-state index >= 15 is 0 Å². The quantitative estimate of drug-likeness (QED) is 0.671. The topological polar surface area (TPSA) is 92.5 Å². The first-order valence-corrected chi connectivity index (χ1v) is 5.89. The van der Waals surface area contributed by atoms with Crippen molar-refractivity contribution in [3.63, 3.8) is 0 Å². The van der Waals surface area contributed by atoms with Crippen LogP contribution in [0.3, 0.4) is 0 Å². The van der Waals surface area contributed by atoms with Crippen LogP contribution in [0.2, 0.25) is 5.02 Å². The molecule has 0 aromatic heterocycles. The molecule has 0 aliphatic rings. The van der Waals surface area contributed by atoms with Gasteiger partial charge in [0.15, 0.2) is 5.75 Å². The number of halogens is 1. The molecule has 0 heterocycles. The van der Waals surface area contributed by atoms with Gasteiger partial charge < -0.3 is 10.4 Å². The van der Waals surface area contributed by atoms with Crippen LogP contribution in [0.1, 0.15) is 10.4 Å². The first-order chi connectivity index (χ1) is 9.47. The number of carbonyl (C=O) groups is 1. The van der Waals surface area contributed by atoms with E-state index in [1.807, 2.05) is 0 Å². The van der Waals surface area contributed by atoms with E-state index in [2.05, 4.69) is 5.32 Å². The van der Waals surface area contributed by atoms with Crippen molar-refractivity contribution in [2.45, 2.75) is 0 Å². The highest BCUT2D eigenvalue weighted by atomic mass is 35.5. The number of rotatable bonds is 3. The molecule has 0 fully saturated rings. The number of carbonyl (C=O) groups excluding carboxylic acids is 1. The maximum Gasteiger partial charge on any atom is 0.310 e. The van der Waals surface area contributed by atoms with Gasteiger partial charge in [0.25, 0.3) is 5.91 Å². The van der Waals surface area contributed by atoms with Gasteiger partial charge in [-0.05, 0) is 36.4 Å². The smallest absolute Gasteiger partial charge is 0.310 e. The molecule has 0 bridgehead atoms. The van der Waals surface area contributed by atoms with E-state index in [1.54, 1.807) is 24.3 Å². The number of nitrogens with zero attached hydrogens (tertiary/aromatic N) is 1. The Morgan fingerprint density at radius 2 is 1.85 bits per heavy atom. The lowest BCUT2D eigenvalue weighted by Crippen LogP contribution is -2.11. The molecule has 0 atom stereocenters. The predicted octanol–water partition coefficient (Wildman–Crippen LogP) is 3.21. The zero-order chi connectivity index (χ0) is 14.7. The van der Waals surface area contributed by atoms with Crippen molar-refractivity contribution in [1.82, 2.24) is 0 Å². The number of hydrogen-bond acceptors (Lipinski definition) is 4. The average Bonchev–Trinajstić information content (AvgIpc) is 2.40. The van der Waals surface area contributed by atoms with Gasteiger partial charge in [0.1, 0.15) is 0 Å². The second-order valence-corrected chi connectivity index (χ2v) is 4.36. The number of amides is 1. The molecule has 1 amide bonds. The Kier molecular flexibility index (Phi) is 3.86. The second-order valence-electron chi connectivity index (χ2n) is 3.92. The van der Waals surface area contributed by atoms with Gasteiger partial charge in [0.05, 0.1) is 4.92 Å². The van der Waals surface area contributed by atoms with E-state index in [9.17, 15) is 20.0 Å². The van der Waals surface area contributed by atoms with Gasteiger partial charge in [-0.3, -0.25) is 14.9 Å². The van der Waals surface area contributed by atoms with Crippen molar-refractivity contribution >= 4 is 28.9 Å². The Bertz CT molecular complexity index is 671. The molecule has 0 aliphatic carbocycles. The van der Waals surface area contributed by atoms with Crippen molar-refractivity contribution in [2.24, 2.45) is 0 Å². The summed E-state index contributed by atoms with van der Waals surface area (Å²) in [5.41, 5.74) is 0.188. The molecule has 20 heavy (non-hydrogen) atoms. The van der Waals surface area contributed by atoms with Crippen LogP contribution in [0, 0.1) is 10.1 Å². The molecule has 2 aromatic carbocycles. The van der Waals surface area contributed by atoms with Gasteiger partial charge in [-0.25, -0.2) is 0 Å². The minimum atomic E-state index is -0.726. The molecule has 7 heteroatoms. The molecule has 0 unspecified atom stereocenters. The summed E-state index contributed by atoms with van der Waals surface area (Å²) in [5.74, 6) is -1.05. The molecule has 0 saturated carbocycles. The fraction of sp³-hybridized carbons (Fsp3) is 0.